The Morgan fingerprint density at radius 2 is 2.20 bits per heavy atom. The first-order valence-corrected chi connectivity index (χ1v) is 6.10. The Balaban J connectivity index is 0.00000200. The number of aromatic nitrogens is 1. The molecule has 7 heteroatoms. The minimum atomic E-state index is -1.08. The summed E-state index contributed by atoms with van der Waals surface area (Å²) in [7, 11) is 0. The molecule has 0 aliphatic rings. The van der Waals surface area contributed by atoms with Crippen LogP contribution in [-0.2, 0) is 0 Å². The van der Waals surface area contributed by atoms with Crippen molar-refractivity contribution >= 4 is 46.6 Å². The number of hydrogen-bond acceptors (Lipinski definition) is 4. The zero-order valence-electron chi connectivity index (χ0n) is 10.6. The van der Waals surface area contributed by atoms with E-state index < -0.39 is 12.1 Å². The SMILES string of the molecule is CC(O)CNc1c(C(=O)O)cnc2ccc(Cl)cc12.Cl. The smallest absolute Gasteiger partial charge is 0.339 e. The zero-order chi connectivity index (χ0) is 14.0. The molecule has 1 aromatic carbocycles. The molecule has 0 saturated carbocycles. The first-order valence-electron chi connectivity index (χ1n) is 5.72. The fourth-order valence-electron chi connectivity index (χ4n) is 1.77. The van der Waals surface area contributed by atoms with Crippen molar-refractivity contribution in [3.63, 3.8) is 0 Å². The van der Waals surface area contributed by atoms with Crippen LogP contribution in [-0.4, -0.2) is 33.8 Å². The van der Waals surface area contributed by atoms with Gasteiger partial charge in [-0.05, 0) is 25.1 Å². The molecule has 0 saturated heterocycles. The third-order valence-corrected chi connectivity index (χ3v) is 2.87. The number of benzene rings is 1. The fraction of sp³-hybridized carbons (Fsp3) is 0.231. The summed E-state index contributed by atoms with van der Waals surface area (Å²) in [6.45, 7) is 1.86. The number of halogens is 2. The second kappa shape index (κ2) is 6.74. The van der Waals surface area contributed by atoms with E-state index in [-0.39, 0.29) is 24.5 Å². The Morgan fingerprint density at radius 3 is 2.80 bits per heavy atom. The Hall–Kier alpha value is -1.56. The molecular weight excluding hydrogens is 303 g/mol. The molecule has 2 rings (SSSR count). The lowest BCUT2D eigenvalue weighted by Gasteiger charge is -2.13. The van der Waals surface area contributed by atoms with Crippen molar-refractivity contribution in [3.8, 4) is 0 Å². The molecule has 20 heavy (non-hydrogen) atoms. The van der Waals surface area contributed by atoms with E-state index in [0.717, 1.165) is 0 Å². The third-order valence-electron chi connectivity index (χ3n) is 2.63. The lowest BCUT2D eigenvalue weighted by Crippen LogP contribution is -2.17. The average molecular weight is 317 g/mol. The van der Waals surface area contributed by atoms with Gasteiger partial charge in [-0.15, -0.1) is 12.4 Å². The molecule has 0 radical (unpaired) electrons. The molecule has 0 aliphatic carbocycles. The average Bonchev–Trinajstić information content (AvgIpc) is 2.35. The van der Waals surface area contributed by atoms with Crippen LogP contribution in [0.4, 0.5) is 5.69 Å². The van der Waals surface area contributed by atoms with Crippen LogP contribution in [0.25, 0.3) is 10.9 Å². The highest BCUT2D eigenvalue weighted by molar-refractivity contribution is 6.31. The second-order valence-electron chi connectivity index (χ2n) is 4.24. The fourth-order valence-corrected chi connectivity index (χ4v) is 1.94. The molecule has 3 N–H and O–H groups in total. The van der Waals surface area contributed by atoms with Crippen molar-refractivity contribution in [2.75, 3.05) is 11.9 Å². The van der Waals surface area contributed by atoms with E-state index in [1.807, 2.05) is 0 Å². The minimum Gasteiger partial charge on any atom is -0.478 e. The predicted molar refractivity (Wildman–Crippen MR) is 81.1 cm³/mol. The van der Waals surface area contributed by atoms with Gasteiger partial charge in [-0.2, -0.15) is 0 Å². The van der Waals surface area contributed by atoms with Crippen LogP contribution in [0.15, 0.2) is 24.4 Å². The van der Waals surface area contributed by atoms with E-state index >= 15 is 0 Å². The van der Waals surface area contributed by atoms with E-state index in [9.17, 15) is 15.0 Å². The molecule has 1 aromatic heterocycles. The summed E-state index contributed by atoms with van der Waals surface area (Å²) in [4.78, 5) is 15.3. The number of hydrogen-bond donors (Lipinski definition) is 3. The Bertz CT molecular complexity index is 632. The lowest BCUT2D eigenvalue weighted by molar-refractivity contribution is 0.0697. The van der Waals surface area contributed by atoms with Gasteiger partial charge in [-0.1, -0.05) is 11.6 Å². The van der Waals surface area contributed by atoms with E-state index in [4.69, 9.17) is 11.6 Å². The molecule has 5 nitrogen and oxygen atoms in total. The summed E-state index contributed by atoms with van der Waals surface area (Å²) >= 11 is 5.93. The monoisotopic (exact) mass is 316 g/mol. The molecule has 108 valence electrons. The maximum absolute atomic E-state index is 11.2. The summed E-state index contributed by atoms with van der Waals surface area (Å²) in [5.41, 5.74) is 1.11. The highest BCUT2D eigenvalue weighted by Crippen LogP contribution is 2.28. The maximum atomic E-state index is 11.2. The Morgan fingerprint density at radius 1 is 1.50 bits per heavy atom. The van der Waals surface area contributed by atoms with Gasteiger partial charge in [0.2, 0.25) is 0 Å². The van der Waals surface area contributed by atoms with Crippen LogP contribution in [0, 0.1) is 0 Å². The summed E-state index contributed by atoms with van der Waals surface area (Å²) in [5.74, 6) is -1.08. The number of aromatic carboxylic acids is 1. The first kappa shape index (κ1) is 16.5. The van der Waals surface area contributed by atoms with Crippen molar-refractivity contribution in [1.82, 2.24) is 4.98 Å². The molecule has 0 amide bonds. The number of anilines is 1. The van der Waals surface area contributed by atoms with Gasteiger partial charge in [-0.3, -0.25) is 4.98 Å². The lowest BCUT2D eigenvalue weighted by atomic mass is 10.1. The van der Waals surface area contributed by atoms with E-state index in [0.29, 0.717) is 21.6 Å². The van der Waals surface area contributed by atoms with E-state index in [2.05, 4.69) is 10.3 Å². The van der Waals surface area contributed by atoms with Gasteiger partial charge in [0, 0.05) is 23.2 Å². The van der Waals surface area contributed by atoms with Gasteiger partial charge in [0.1, 0.15) is 5.56 Å². The normalized spacial score (nSPS) is 11.8. The van der Waals surface area contributed by atoms with Crippen molar-refractivity contribution < 1.29 is 15.0 Å². The number of pyridine rings is 1. The highest BCUT2D eigenvalue weighted by atomic mass is 35.5. The number of carbonyl (C=O) groups is 1. The van der Waals surface area contributed by atoms with Crippen molar-refractivity contribution in [2.45, 2.75) is 13.0 Å². The van der Waals surface area contributed by atoms with Crippen LogP contribution in [0.2, 0.25) is 5.02 Å². The van der Waals surface area contributed by atoms with E-state index in [1.165, 1.54) is 6.20 Å². The Kier molecular flexibility index (Phi) is 5.56. The maximum Gasteiger partial charge on any atom is 0.339 e. The summed E-state index contributed by atoms with van der Waals surface area (Å²) in [6.07, 6.45) is 0.701. The molecule has 1 heterocycles. The third kappa shape index (κ3) is 3.50. The molecule has 1 atom stereocenters. The van der Waals surface area contributed by atoms with Gasteiger partial charge in [-0.25, -0.2) is 4.79 Å². The van der Waals surface area contributed by atoms with Crippen LogP contribution in [0.3, 0.4) is 0 Å². The molecule has 1 unspecified atom stereocenters. The first-order chi connectivity index (χ1) is 8.99. The van der Waals surface area contributed by atoms with Crippen LogP contribution < -0.4 is 5.32 Å². The highest BCUT2D eigenvalue weighted by Gasteiger charge is 2.15. The number of fused-ring (bicyclic) bond motifs is 1. The number of aliphatic hydroxyl groups is 1. The standard InChI is InChI=1S/C13H13ClN2O3.ClH/c1-7(17)5-16-12-9-4-8(14)2-3-11(9)15-6-10(12)13(18)19;/h2-4,6-7,17H,5H2,1H3,(H,15,16)(H,18,19);1H. The molecule has 0 spiro atoms. The van der Waals surface area contributed by atoms with E-state index in [1.54, 1.807) is 25.1 Å². The van der Waals surface area contributed by atoms with Gasteiger partial charge < -0.3 is 15.5 Å². The largest absolute Gasteiger partial charge is 0.478 e. The number of aliphatic hydroxyl groups excluding tert-OH is 1. The quantitative estimate of drug-likeness (QED) is 0.808. The number of nitrogens with zero attached hydrogens (tertiary/aromatic N) is 1. The molecule has 0 bridgehead atoms. The molecular formula is C13H14Cl2N2O3. The Labute approximate surface area is 127 Å². The van der Waals surface area contributed by atoms with Gasteiger partial charge in [0.25, 0.3) is 0 Å². The summed E-state index contributed by atoms with van der Waals surface area (Å²) < 4.78 is 0. The zero-order valence-corrected chi connectivity index (χ0v) is 12.2. The number of nitrogens with one attached hydrogen (secondary N) is 1. The summed E-state index contributed by atoms with van der Waals surface area (Å²) in [5, 5.41) is 22.6. The van der Waals surface area contributed by atoms with Crippen LogP contribution >= 0.6 is 24.0 Å². The molecule has 2 aromatic rings. The van der Waals surface area contributed by atoms with Crippen LogP contribution in [0.1, 0.15) is 17.3 Å². The minimum absolute atomic E-state index is 0. The number of carboxylic acid groups (broad SMARTS) is 1. The number of rotatable bonds is 4. The van der Waals surface area contributed by atoms with Gasteiger partial charge >= 0.3 is 5.97 Å². The topological polar surface area (TPSA) is 82.5 Å². The van der Waals surface area contributed by atoms with Crippen molar-refractivity contribution in [2.24, 2.45) is 0 Å². The molecule has 0 aliphatic heterocycles. The molecule has 0 fully saturated rings. The van der Waals surface area contributed by atoms with Crippen LogP contribution in [0.5, 0.6) is 0 Å². The number of carboxylic acids is 1. The van der Waals surface area contributed by atoms with Gasteiger partial charge in [0.15, 0.2) is 0 Å². The van der Waals surface area contributed by atoms with Gasteiger partial charge in [0.05, 0.1) is 17.3 Å². The predicted octanol–water partition coefficient (Wildman–Crippen LogP) is 2.80. The van der Waals surface area contributed by atoms with Crippen molar-refractivity contribution in [1.29, 1.82) is 0 Å². The van der Waals surface area contributed by atoms with Crippen molar-refractivity contribution in [3.05, 3.63) is 35.0 Å². The second-order valence-corrected chi connectivity index (χ2v) is 4.68. The summed E-state index contributed by atoms with van der Waals surface area (Å²) in [6, 6.07) is 5.06.